The van der Waals surface area contributed by atoms with E-state index in [4.69, 9.17) is 39.5 Å². The van der Waals surface area contributed by atoms with Crippen molar-refractivity contribution in [2.24, 2.45) is 5.92 Å². The fourth-order valence-corrected chi connectivity index (χ4v) is 8.39. The molecule has 0 spiro atoms. The third-order valence-electron chi connectivity index (χ3n) is 7.11. The lowest BCUT2D eigenvalue weighted by Crippen LogP contribution is -2.33. The molecule has 13 heteroatoms. The predicted octanol–water partition coefficient (Wildman–Crippen LogP) is 6.31. The van der Waals surface area contributed by atoms with Gasteiger partial charge in [0, 0.05) is 21.5 Å². The predicted molar refractivity (Wildman–Crippen MR) is 166 cm³/mol. The van der Waals surface area contributed by atoms with Gasteiger partial charge in [-0.1, -0.05) is 70.0 Å². The minimum absolute atomic E-state index is 0.276. The van der Waals surface area contributed by atoms with Gasteiger partial charge in [-0.25, -0.2) is 4.90 Å². The zero-order valence-electron chi connectivity index (χ0n) is 21.7. The zero-order valence-corrected chi connectivity index (χ0v) is 25.6. The van der Waals surface area contributed by atoms with E-state index in [9.17, 15) is 19.2 Å². The van der Waals surface area contributed by atoms with Gasteiger partial charge in [-0.15, -0.1) is 0 Å². The molecule has 1 saturated heterocycles. The number of imide groups is 1. The lowest BCUT2D eigenvalue weighted by Gasteiger charge is -2.30. The zero-order chi connectivity index (χ0) is 29.7. The number of nitrogens with zero attached hydrogens (tertiary/aromatic N) is 2. The van der Waals surface area contributed by atoms with Crippen molar-refractivity contribution in [1.82, 2.24) is 4.57 Å². The molecule has 8 nitrogen and oxygen atoms in total. The van der Waals surface area contributed by atoms with E-state index in [1.807, 2.05) is 0 Å². The number of anilines is 2. The summed E-state index contributed by atoms with van der Waals surface area (Å²) in [6, 6.07) is 18.4. The van der Waals surface area contributed by atoms with Crippen molar-refractivity contribution in [3.8, 4) is 5.75 Å². The Morgan fingerprint density at radius 1 is 0.929 bits per heavy atom. The topological polar surface area (TPSA) is 97.7 Å². The largest absolute Gasteiger partial charge is 0.497 e. The summed E-state index contributed by atoms with van der Waals surface area (Å²) in [7, 11) is 1.53. The molecule has 2 unspecified atom stereocenters. The maximum absolute atomic E-state index is 14.0. The molecular weight excluding hydrogens is 641 g/mol. The Morgan fingerprint density at radius 3 is 2.31 bits per heavy atom. The number of nitrogens with one attached hydrogen (secondary N) is 1. The highest BCUT2D eigenvalue weighted by Crippen LogP contribution is 2.54. The molecule has 0 saturated carbocycles. The first-order valence-corrected chi connectivity index (χ1v) is 15.4. The molecule has 3 aromatic carbocycles. The molecule has 0 bridgehead atoms. The van der Waals surface area contributed by atoms with Crippen LogP contribution in [0.1, 0.15) is 16.4 Å². The Labute approximate surface area is 263 Å². The summed E-state index contributed by atoms with van der Waals surface area (Å²) in [4.78, 5) is 55.6. The van der Waals surface area contributed by atoms with Crippen molar-refractivity contribution in [3.63, 3.8) is 0 Å². The quantitative estimate of drug-likeness (QED) is 0.244. The molecule has 1 fully saturated rings. The van der Waals surface area contributed by atoms with E-state index in [0.717, 1.165) is 28.7 Å². The number of ether oxygens (including phenoxy) is 1. The van der Waals surface area contributed by atoms with E-state index in [2.05, 4.69) is 5.32 Å². The number of hydrogen-bond acceptors (Lipinski definition) is 7. The minimum Gasteiger partial charge on any atom is -0.497 e. The van der Waals surface area contributed by atoms with Crippen LogP contribution in [0.15, 0.2) is 76.6 Å². The first kappa shape index (κ1) is 28.8. The first-order valence-electron chi connectivity index (χ1n) is 12.6. The molecule has 4 aromatic rings. The second kappa shape index (κ2) is 11.4. The van der Waals surface area contributed by atoms with Crippen LogP contribution in [0, 0.1) is 5.92 Å². The van der Waals surface area contributed by atoms with E-state index in [-0.39, 0.29) is 22.3 Å². The van der Waals surface area contributed by atoms with Gasteiger partial charge in [0.15, 0.2) is 0 Å². The average molecular weight is 661 g/mol. The Bertz CT molecular complexity index is 1790. The van der Waals surface area contributed by atoms with Crippen LogP contribution in [0.3, 0.4) is 0 Å². The highest BCUT2D eigenvalue weighted by atomic mass is 35.5. The molecule has 1 aromatic heterocycles. The third kappa shape index (κ3) is 5.11. The normalized spacial score (nSPS) is 19.4. The standard InChI is InChI=1S/C29H20Cl3N3O5S2/c1-40-18-9-7-17(8-10-18)35-26(37)23-22(14-2-4-15(30)5-3-14)25-28(41-24(23)27(35)38)34(29(39)42-25)13-21(36)33-16-6-11-19(31)20(32)12-16/h2-12,22-24H,13H2,1H3,(H,33,36)/t22-,23?,24?/m1/s1. The molecular formula is C29H20Cl3N3O5S2. The monoisotopic (exact) mass is 659 g/mol. The second-order valence-electron chi connectivity index (χ2n) is 9.60. The Balaban J connectivity index is 1.39. The van der Waals surface area contributed by atoms with E-state index in [1.54, 1.807) is 60.7 Å². The van der Waals surface area contributed by atoms with Gasteiger partial charge in [0.2, 0.25) is 17.7 Å². The molecule has 3 heterocycles. The number of thioether (sulfide) groups is 1. The van der Waals surface area contributed by atoms with E-state index in [0.29, 0.717) is 37.1 Å². The number of halogens is 3. The van der Waals surface area contributed by atoms with Crippen molar-refractivity contribution in [1.29, 1.82) is 0 Å². The Morgan fingerprint density at radius 2 is 1.64 bits per heavy atom. The lowest BCUT2D eigenvalue weighted by molar-refractivity contribution is -0.122. The number of benzene rings is 3. The van der Waals surface area contributed by atoms with Crippen LogP contribution in [-0.4, -0.2) is 34.6 Å². The van der Waals surface area contributed by atoms with Crippen molar-refractivity contribution >= 4 is 87.0 Å². The minimum atomic E-state index is -0.814. The first-order chi connectivity index (χ1) is 20.2. The van der Waals surface area contributed by atoms with Crippen LogP contribution in [0.5, 0.6) is 5.75 Å². The van der Waals surface area contributed by atoms with Crippen LogP contribution in [-0.2, 0) is 20.9 Å². The summed E-state index contributed by atoms with van der Waals surface area (Å²) in [5.41, 5.74) is 1.59. The van der Waals surface area contributed by atoms with Crippen molar-refractivity contribution < 1.29 is 19.1 Å². The number of carbonyl (C=O) groups excluding carboxylic acids is 3. The highest BCUT2D eigenvalue weighted by Gasteiger charge is 2.56. The summed E-state index contributed by atoms with van der Waals surface area (Å²) < 4.78 is 6.57. The molecule has 0 radical (unpaired) electrons. The third-order valence-corrected chi connectivity index (χ3v) is 10.7. The maximum Gasteiger partial charge on any atom is 0.308 e. The van der Waals surface area contributed by atoms with Crippen molar-refractivity contribution in [3.05, 3.63) is 102 Å². The molecule has 2 aliphatic heterocycles. The fourth-order valence-electron chi connectivity index (χ4n) is 5.19. The van der Waals surface area contributed by atoms with Crippen LogP contribution in [0.25, 0.3) is 0 Å². The fraction of sp³-hybridized carbons (Fsp3) is 0.172. The van der Waals surface area contributed by atoms with E-state index < -0.39 is 28.9 Å². The van der Waals surface area contributed by atoms with Gasteiger partial charge in [0.05, 0.1) is 33.8 Å². The summed E-state index contributed by atoms with van der Waals surface area (Å²) in [6.07, 6.45) is 0. The summed E-state index contributed by atoms with van der Waals surface area (Å²) in [6.45, 7) is -0.299. The molecule has 3 atom stereocenters. The smallest absolute Gasteiger partial charge is 0.308 e. The number of thiazole rings is 1. The van der Waals surface area contributed by atoms with E-state index in [1.165, 1.54) is 22.6 Å². The highest BCUT2D eigenvalue weighted by molar-refractivity contribution is 8.00. The average Bonchev–Trinajstić information content (AvgIpc) is 3.41. The molecule has 3 amide bonds. The number of rotatable bonds is 6. The van der Waals surface area contributed by atoms with Gasteiger partial charge >= 0.3 is 4.87 Å². The molecule has 0 aliphatic carbocycles. The van der Waals surface area contributed by atoms with Crippen molar-refractivity contribution in [2.75, 3.05) is 17.3 Å². The number of hydrogen-bond donors (Lipinski definition) is 1. The van der Waals surface area contributed by atoms with Gasteiger partial charge < -0.3 is 10.1 Å². The van der Waals surface area contributed by atoms with Crippen LogP contribution < -0.4 is 19.8 Å². The Kier molecular flexibility index (Phi) is 7.84. The number of amides is 3. The summed E-state index contributed by atoms with van der Waals surface area (Å²) in [5, 5.41) is 3.53. The second-order valence-corrected chi connectivity index (χ2v) is 13.0. The van der Waals surface area contributed by atoms with E-state index >= 15 is 0 Å². The number of aromatic nitrogens is 1. The maximum atomic E-state index is 14.0. The van der Waals surface area contributed by atoms with Gasteiger partial charge in [-0.3, -0.25) is 23.7 Å². The van der Waals surface area contributed by atoms with Crippen LogP contribution in [0.4, 0.5) is 11.4 Å². The lowest BCUT2D eigenvalue weighted by atomic mass is 9.83. The van der Waals surface area contributed by atoms with Crippen LogP contribution in [0.2, 0.25) is 15.1 Å². The molecule has 214 valence electrons. The SMILES string of the molecule is COc1ccc(N2C(=O)C3Sc4c(sc(=O)n4CC(=O)Nc4ccc(Cl)c(Cl)c4)[C@H](c4ccc(Cl)cc4)C3C2=O)cc1. The molecule has 42 heavy (non-hydrogen) atoms. The van der Waals surface area contributed by atoms with Crippen LogP contribution >= 0.6 is 57.9 Å². The Hall–Kier alpha value is -3.28. The van der Waals surface area contributed by atoms with Gasteiger partial charge in [0.25, 0.3) is 0 Å². The van der Waals surface area contributed by atoms with Gasteiger partial charge in [-0.05, 0) is 60.2 Å². The van der Waals surface area contributed by atoms with Crippen molar-refractivity contribution in [2.45, 2.75) is 22.7 Å². The summed E-state index contributed by atoms with van der Waals surface area (Å²) in [5.74, 6) is -1.99. The number of methoxy groups -OCH3 is 1. The molecule has 6 rings (SSSR count). The molecule has 2 aliphatic rings. The summed E-state index contributed by atoms with van der Waals surface area (Å²) >= 11 is 20.3. The number of fused-ring (bicyclic) bond motifs is 2. The number of carbonyl (C=O) groups is 3. The van der Waals surface area contributed by atoms with Gasteiger partial charge in [-0.2, -0.15) is 0 Å². The molecule has 1 N–H and O–H groups in total. The van der Waals surface area contributed by atoms with Gasteiger partial charge in [0.1, 0.15) is 17.5 Å².